The second kappa shape index (κ2) is 4.20. The van der Waals surface area contributed by atoms with Crippen molar-refractivity contribution in [1.29, 1.82) is 0 Å². The van der Waals surface area contributed by atoms with Crippen LogP contribution in [0, 0.1) is 0 Å². The van der Waals surface area contributed by atoms with E-state index in [-0.39, 0.29) is 0 Å². The van der Waals surface area contributed by atoms with E-state index in [4.69, 9.17) is 0 Å². The number of halogens is 1. The van der Waals surface area contributed by atoms with E-state index in [9.17, 15) is 5.11 Å². The lowest BCUT2D eigenvalue weighted by Crippen LogP contribution is -2.29. The molecule has 0 radical (unpaired) electrons. The first-order valence-electron chi connectivity index (χ1n) is 5.11. The lowest BCUT2D eigenvalue weighted by atomic mass is 10.1. The third-order valence-electron chi connectivity index (χ3n) is 2.69. The third-order valence-corrected chi connectivity index (χ3v) is 3.13. The molecule has 0 saturated carbocycles. The van der Waals surface area contributed by atoms with E-state index in [0.717, 1.165) is 36.4 Å². The zero-order valence-corrected chi connectivity index (χ0v) is 10.4. The molecule has 82 valence electrons. The van der Waals surface area contributed by atoms with Crippen molar-refractivity contribution >= 4 is 15.9 Å². The molecule has 3 nitrogen and oxygen atoms in total. The van der Waals surface area contributed by atoms with E-state index >= 15 is 0 Å². The quantitative estimate of drug-likeness (QED) is 0.833. The van der Waals surface area contributed by atoms with Crippen molar-refractivity contribution in [3.05, 3.63) is 28.5 Å². The van der Waals surface area contributed by atoms with Crippen LogP contribution in [-0.2, 0) is 6.54 Å². The van der Waals surface area contributed by atoms with Gasteiger partial charge in [0, 0.05) is 19.6 Å². The van der Waals surface area contributed by atoms with Crippen LogP contribution in [0.4, 0.5) is 0 Å². The van der Waals surface area contributed by atoms with Crippen LogP contribution < -0.4 is 0 Å². The molecule has 0 aliphatic carbocycles. The number of β-amino-alcohol motifs (C(OH)–C–C–N with tert-alkyl or cyclic N) is 1. The summed E-state index contributed by atoms with van der Waals surface area (Å²) in [6.07, 6.45) is 0.848. The van der Waals surface area contributed by atoms with Gasteiger partial charge >= 0.3 is 0 Å². The normalized spacial score (nSPS) is 27.1. The highest BCUT2D eigenvalue weighted by molar-refractivity contribution is 9.10. The molecule has 1 atom stereocenters. The summed E-state index contributed by atoms with van der Waals surface area (Å²) in [6.45, 7) is 4.39. The molecule has 0 spiro atoms. The summed E-state index contributed by atoms with van der Waals surface area (Å²) in [7, 11) is 0. The third kappa shape index (κ3) is 3.00. The number of hydrogen-bond acceptors (Lipinski definition) is 3. The monoisotopic (exact) mass is 270 g/mol. The Labute approximate surface area is 98.3 Å². The number of aromatic nitrogens is 1. The van der Waals surface area contributed by atoms with Gasteiger partial charge in [0.1, 0.15) is 4.60 Å². The van der Waals surface area contributed by atoms with Gasteiger partial charge in [0.2, 0.25) is 0 Å². The standard InChI is InChI=1S/C11H15BrN2O/c1-11(15)5-6-14(8-11)7-9-3-2-4-10(12)13-9/h2-4,15H,5-8H2,1H3. The molecular formula is C11H15BrN2O. The highest BCUT2D eigenvalue weighted by Gasteiger charge is 2.31. The molecule has 1 saturated heterocycles. The second-order valence-corrected chi connectivity index (χ2v) is 5.22. The topological polar surface area (TPSA) is 36.4 Å². The van der Waals surface area contributed by atoms with Crippen molar-refractivity contribution in [3.8, 4) is 0 Å². The van der Waals surface area contributed by atoms with Gasteiger partial charge in [-0.3, -0.25) is 4.90 Å². The Morgan fingerprint density at radius 2 is 2.40 bits per heavy atom. The minimum absolute atomic E-state index is 0.522. The summed E-state index contributed by atoms with van der Waals surface area (Å²) in [5, 5.41) is 9.83. The number of rotatable bonds is 2. The highest BCUT2D eigenvalue weighted by Crippen LogP contribution is 2.21. The maximum absolute atomic E-state index is 9.83. The van der Waals surface area contributed by atoms with E-state index in [1.165, 1.54) is 0 Å². The van der Waals surface area contributed by atoms with E-state index in [0.29, 0.717) is 0 Å². The summed E-state index contributed by atoms with van der Waals surface area (Å²) in [5.74, 6) is 0. The molecule has 1 unspecified atom stereocenters. The Hall–Kier alpha value is -0.450. The summed E-state index contributed by atoms with van der Waals surface area (Å²) in [4.78, 5) is 6.61. The Morgan fingerprint density at radius 3 is 3.00 bits per heavy atom. The van der Waals surface area contributed by atoms with Gasteiger partial charge in [0.25, 0.3) is 0 Å². The van der Waals surface area contributed by atoms with E-state index in [1.807, 2.05) is 25.1 Å². The van der Waals surface area contributed by atoms with Gasteiger partial charge in [-0.2, -0.15) is 0 Å². The SMILES string of the molecule is CC1(O)CCN(Cc2cccc(Br)n2)C1. The lowest BCUT2D eigenvalue weighted by molar-refractivity contribution is 0.0677. The van der Waals surface area contributed by atoms with Crippen LogP contribution in [0.15, 0.2) is 22.8 Å². The van der Waals surface area contributed by atoms with Crippen molar-refractivity contribution in [2.75, 3.05) is 13.1 Å². The number of nitrogens with zero attached hydrogens (tertiary/aromatic N) is 2. The minimum Gasteiger partial charge on any atom is -0.389 e. The fraction of sp³-hybridized carbons (Fsp3) is 0.545. The molecule has 0 bridgehead atoms. The Morgan fingerprint density at radius 1 is 1.60 bits per heavy atom. The lowest BCUT2D eigenvalue weighted by Gasteiger charge is -2.18. The molecule has 1 fully saturated rings. The molecule has 1 aromatic heterocycles. The predicted octanol–water partition coefficient (Wildman–Crippen LogP) is 1.80. The molecule has 1 aliphatic rings. The van der Waals surface area contributed by atoms with Crippen molar-refractivity contribution in [2.45, 2.75) is 25.5 Å². The first-order chi connectivity index (χ1) is 7.05. The summed E-state index contributed by atoms with van der Waals surface area (Å²) >= 11 is 3.35. The molecule has 4 heteroatoms. The smallest absolute Gasteiger partial charge is 0.106 e. The van der Waals surface area contributed by atoms with Crippen molar-refractivity contribution in [1.82, 2.24) is 9.88 Å². The predicted molar refractivity (Wildman–Crippen MR) is 62.5 cm³/mol. The highest BCUT2D eigenvalue weighted by atomic mass is 79.9. The van der Waals surface area contributed by atoms with Crippen molar-refractivity contribution < 1.29 is 5.11 Å². The Kier molecular flexibility index (Phi) is 3.09. The fourth-order valence-corrected chi connectivity index (χ4v) is 2.32. The molecule has 1 aromatic rings. The van der Waals surface area contributed by atoms with Gasteiger partial charge < -0.3 is 5.11 Å². The van der Waals surface area contributed by atoms with Crippen LogP contribution in [0.2, 0.25) is 0 Å². The number of pyridine rings is 1. The summed E-state index contributed by atoms with van der Waals surface area (Å²) in [5.41, 5.74) is 0.522. The van der Waals surface area contributed by atoms with E-state index in [2.05, 4.69) is 25.8 Å². The van der Waals surface area contributed by atoms with Crippen LogP contribution >= 0.6 is 15.9 Å². The Balaban J connectivity index is 1.99. The number of likely N-dealkylation sites (tertiary alicyclic amines) is 1. The van der Waals surface area contributed by atoms with Gasteiger partial charge in [-0.25, -0.2) is 4.98 Å². The molecule has 1 aliphatic heterocycles. The summed E-state index contributed by atoms with van der Waals surface area (Å²) < 4.78 is 0.867. The van der Waals surface area contributed by atoms with Crippen LogP contribution in [0.25, 0.3) is 0 Å². The first-order valence-corrected chi connectivity index (χ1v) is 5.91. The van der Waals surface area contributed by atoms with E-state index < -0.39 is 5.60 Å². The van der Waals surface area contributed by atoms with Crippen LogP contribution in [0.5, 0.6) is 0 Å². The molecule has 2 rings (SSSR count). The maximum atomic E-state index is 9.83. The van der Waals surface area contributed by atoms with Crippen LogP contribution in [0.3, 0.4) is 0 Å². The molecule has 0 aromatic carbocycles. The molecule has 1 N–H and O–H groups in total. The second-order valence-electron chi connectivity index (χ2n) is 4.41. The minimum atomic E-state index is -0.522. The van der Waals surface area contributed by atoms with Gasteiger partial charge in [0.15, 0.2) is 0 Å². The molecule has 0 amide bonds. The van der Waals surface area contributed by atoms with E-state index in [1.54, 1.807) is 0 Å². The average molecular weight is 271 g/mol. The van der Waals surface area contributed by atoms with Gasteiger partial charge in [-0.15, -0.1) is 0 Å². The van der Waals surface area contributed by atoms with Gasteiger partial charge in [-0.1, -0.05) is 6.07 Å². The van der Waals surface area contributed by atoms with Crippen molar-refractivity contribution in [2.24, 2.45) is 0 Å². The zero-order valence-electron chi connectivity index (χ0n) is 8.78. The Bertz CT molecular complexity index is 354. The maximum Gasteiger partial charge on any atom is 0.106 e. The number of aliphatic hydroxyl groups is 1. The molecular weight excluding hydrogens is 256 g/mol. The van der Waals surface area contributed by atoms with Crippen LogP contribution in [-0.4, -0.2) is 33.7 Å². The average Bonchev–Trinajstić information content (AvgIpc) is 2.45. The van der Waals surface area contributed by atoms with Gasteiger partial charge in [-0.05, 0) is 41.4 Å². The largest absolute Gasteiger partial charge is 0.389 e. The van der Waals surface area contributed by atoms with Crippen LogP contribution in [0.1, 0.15) is 19.0 Å². The zero-order chi connectivity index (χ0) is 10.9. The van der Waals surface area contributed by atoms with Gasteiger partial charge in [0.05, 0.1) is 11.3 Å². The molecule has 2 heterocycles. The number of hydrogen-bond donors (Lipinski definition) is 1. The fourth-order valence-electron chi connectivity index (χ4n) is 1.94. The first kappa shape index (κ1) is 11.0. The summed E-state index contributed by atoms with van der Waals surface area (Å²) in [6, 6.07) is 5.92. The van der Waals surface area contributed by atoms with Crippen molar-refractivity contribution in [3.63, 3.8) is 0 Å². The molecule has 15 heavy (non-hydrogen) atoms.